The molecule has 5 nitrogen and oxygen atoms in total. The van der Waals surface area contributed by atoms with E-state index in [1.54, 1.807) is 43.5 Å². The van der Waals surface area contributed by atoms with Gasteiger partial charge in [-0.15, -0.1) is 0 Å². The zero-order chi connectivity index (χ0) is 17.5. The van der Waals surface area contributed by atoms with E-state index in [-0.39, 0.29) is 6.42 Å². The molecule has 0 spiro atoms. The van der Waals surface area contributed by atoms with Crippen molar-refractivity contribution < 1.29 is 19.1 Å². The van der Waals surface area contributed by atoms with E-state index in [2.05, 4.69) is 5.32 Å². The van der Waals surface area contributed by atoms with Crippen molar-refractivity contribution >= 4 is 40.8 Å². The molecular weight excluding hydrogens is 353 g/mol. The largest absolute Gasteiger partial charge is 0.497 e. The molecule has 0 aliphatic rings. The third kappa shape index (κ3) is 5.44. The van der Waals surface area contributed by atoms with Crippen molar-refractivity contribution in [3.63, 3.8) is 0 Å². The summed E-state index contributed by atoms with van der Waals surface area (Å²) in [5.41, 5.74) is 1.13. The van der Waals surface area contributed by atoms with Crippen molar-refractivity contribution in [1.82, 2.24) is 0 Å². The minimum atomic E-state index is -0.513. The van der Waals surface area contributed by atoms with E-state index >= 15 is 0 Å². The lowest BCUT2D eigenvalue weighted by Crippen LogP contribution is -2.21. The van der Waals surface area contributed by atoms with Crippen molar-refractivity contribution in [2.45, 2.75) is 6.42 Å². The molecule has 1 amide bonds. The first kappa shape index (κ1) is 18.1. The highest BCUT2D eigenvalue weighted by Gasteiger charge is 2.11. The number of anilines is 1. The molecule has 0 heterocycles. The summed E-state index contributed by atoms with van der Waals surface area (Å²) >= 11 is 11.7. The minimum Gasteiger partial charge on any atom is -0.497 e. The van der Waals surface area contributed by atoms with E-state index in [1.807, 2.05) is 0 Å². The zero-order valence-electron chi connectivity index (χ0n) is 12.8. The molecule has 0 fully saturated rings. The first-order chi connectivity index (χ1) is 11.5. The number of hydrogen-bond acceptors (Lipinski definition) is 4. The number of rotatable bonds is 6. The van der Waals surface area contributed by atoms with E-state index < -0.39 is 18.5 Å². The van der Waals surface area contributed by atoms with Gasteiger partial charge in [0.1, 0.15) is 5.75 Å². The van der Waals surface area contributed by atoms with Crippen molar-refractivity contribution in [3.8, 4) is 5.75 Å². The van der Waals surface area contributed by atoms with Crippen LogP contribution in [-0.2, 0) is 20.7 Å². The zero-order valence-corrected chi connectivity index (χ0v) is 14.4. The maximum Gasteiger partial charge on any atom is 0.310 e. The summed E-state index contributed by atoms with van der Waals surface area (Å²) in [5, 5.41) is 3.31. The van der Waals surface area contributed by atoms with Gasteiger partial charge in [-0.2, -0.15) is 0 Å². The van der Waals surface area contributed by atoms with Gasteiger partial charge in [-0.25, -0.2) is 0 Å². The number of hydrogen-bond donors (Lipinski definition) is 1. The Bertz CT molecular complexity index is 749. The third-order valence-electron chi connectivity index (χ3n) is 3.05. The molecule has 0 unspecified atom stereocenters. The monoisotopic (exact) mass is 367 g/mol. The van der Waals surface area contributed by atoms with E-state index in [9.17, 15) is 9.59 Å². The smallest absolute Gasteiger partial charge is 0.310 e. The predicted molar refractivity (Wildman–Crippen MR) is 92.7 cm³/mol. The number of amides is 1. The highest BCUT2D eigenvalue weighted by Crippen LogP contribution is 2.25. The van der Waals surface area contributed by atoms with Crippen LogP contribution in [0.25, 0.3) is 0 Å². The molecule has 0 bridgehead atoms. The fourth-order valence-electron chi connectivity index (χ4n) is 1.92. The molecule has 2 aromatic rings. The fourth-order valence-corrected chi connectivity index (χ4v) is 2.38. The Morgan fingerprint density at radius 1 is 1.12 bits per heavy atom. The Balaban J connectivity index is 1.83. The number of halogens is 2. The summed E-state index contributed by atoms with van der Waals surface area (Å²) in [4.78, 5) is 23.6. The van der Waals surface area contributed by atoms with Crippen molar-refractivity contribution in [2.24, 2.45) is 0 Å². The quantitative estimate of drug-likeness (QED) is 0.790. The molecule has 2 aromatic carbocycles. The van der Waals surface area contributed by atoms with Crippen LogP contribution in [0.1, 0.15) is 5.56 Å². The van der Waals surface area contributed by atoms with E-state index in [0.717, 1.165) is 5.56 Å². The van der Waals surface area contributed by atoms with Gasteiger partial charge < -0.3 is 14.8 Å². The molecule has 126 valence electrons. The second-order valence-electron chi connectivity index (χ2n) is 4.86. The fraction of sp³-hybridized carbons (Fsp3) is 0.176. The number of carbonyl (C=O) groups excluding carboxylic acids is 2. The minimum absolute atomic E-state index is 0.0478. The topological polar surface area (TPSA) is 64.6 Å². The SMILES string of the molecule is COc1cccc(CC(=O)OCC(=O)Nc2ccc(Cl)cc2Cl)c1. The molecule has 0 aromatic heterocycles. The molecule has 0 saturated carbocycles. The van der Waals surface area contributed by atoms with Crippen molar-refractivity contribution in [1.29, 1.82) is 0 Å². The Morgan fingerprint density at radius 2 is 1.92 bits per heavy atom. The maximum absolute atomic E-state index is 11.8. The number of ether oxygens (including phenoxy) is 2. The number of esters is 1. The van der Waals surface area contributed by atoms with Gasteiger partial charge in [0, 0.05) is 5.02 Å². The Hall–Kier alpha value is -2.24. The van der Waals surface area contributed by atoms with Crippen LogP contribution in [0.15, 0.2) is 42.5 Å². The standard InChI is InChI=1S/C17H15Cl2NO4/c1-23-13-4-2-3-11(7-13)8-17(22)24-10-16(21)20-15-6-5-12(18)9-14(15)19/h2-7,9H,8,10H2,1H3,(H,20,21). The van der Waals surface area contributed by atoms with E-state index in [4.69, 9.17) is 32.7 Å². The summed E-state index contributed by atoms with van der Waals surface area (Å²) in [6, 6.07) is 11.7. The van der Waals surface area contributed by atoms with Gasteiger partial charge in [0.05, 0.1) is 24.2 Å². The number of benzene rings is 2. The first-order valence-electron chi connectivity index (χ1n) is 7.01. The normalized spacial score (nSPS) is 10.1. The molecule has 2 rings (SSSR count). The van der Waals surface area contributed by atoms with Gasteiger partial charge in [0.15, 0.2) is 6.61 Å². The van der Waals surface area contributed by atoms with Crippen LogP contribution < -0.4 is 10.1 Å². The van der Waals surface area contributed by atoms with Crippen LogP contribution in [0.3, 0.4) is 0 Å². The van der Waals surface area contributed by atoms with Gasteiger partial charge in [0.2, 0.25) is 0 Å². The summed E-state index contributed by atoms with van der Waals surface area (Å²) in [7, 11) is 1.55. The van der Waals surface area contributed by atoms with Gasteiger partial charge >= 0.3 is 5.97 Å². The molecule has 0 radical (unpaired) electrons. The van der Waals surface area contributed by atoms with Gasteiger partial charge in [0.25, 0.3) is 5.91 Å². The molecular formula is C17H15Cl2NO4. The lowest BCUT2D eigenvalue weighted by molar-refractivity contribution is -0.146. The number of methoxy groups -OCH3 is 1. The van der Waals surface area contributed by atoms with Crippen LogP contribution in [0.4, 0.5) is 5.69 Å². The maximum atomic E-state index is 11.8. The molecule has 0 saturated heterocycles. The summed E-state index contributed by atoms with van der Waals surface area (Å²) in [6.45, 7) is -0.401. The van der Waals surface area contributed by atoms with Crippen molar-refractivity contribution in [3.05, 3.63) is 58.1 Å². The Labute approximate surface area is 149 Å². The van der Waals surface area contributed by atoms with Gasteiger partial charge in [-0.05, 0) is 35.9 Å². The molecule has 0 aliphatic carbocycles. The highest BCUT2D eigenvalue weighted by atomic mass is 35.5. The Morgan fingerprint density at radius 3 is 2.62 bits per heavy atom. The third-order valence-corrected chi connectivity index (χ3v) is 3.60. The highest BCUT2D eigenvalue weighted by molar-refractivity contribution is 6.36. The van der Waals surface area contributed by atoms with Gasteiger partial charge in [-0.1, -0.05) is 35.3 Å². The second-order valence-corrected chi connectivity index (χ2v) is 5.70. The van der Waals surface area contributed by atoms with E-state index in [0.29, 0.717) is 21.5 Å². The van der Waals surface area contributed by atoms with Crippen LogP contribution >= 0.6 is 23.2 Å². The lowest BCUT2D eigenvalue weighted by atomic mass is 10.1. The molecule has 0 aliphatic heterocycles. The average molecular weight is 368 g/mol. The molecule has 7 heteroatoms. The Kier molecular flexibility index (Phi) is 6.46. The van der Waals surface area contributed by atoms with Crippen LogP contribution in [0.5, 0.6) is 5.75 Å². The number of carbonyl (C=O) groups is 2. The van der Waals surface area contributed by atoms with Gasteiger partial charge in [-0.3, -0.25) is 9.59 Å². The van der Waals surface area contributed by atoms with Crippen LogP contribution in [0, 0.1) is 0 Å². The lowest BCUT2D eigenvalue weighted by Gasteiger charge is -2.08. The summed E-state index contributed by atoms with van der Waals surface area (Å²) in [5.74, 6) is -0.353. The van der Waals surface area contributed by atoms with Crippen LogP contribution in [0.2, 0.25) is 10.0 Å². The molecule has 1 N–H and O–H groups in total. The predicted octanol–water partition coefficient (Wildman–Crippen LogP) is 3.73. The average Bonchev–Trinajstić information content (AvgIpc) is 2.56. The summed E-state index contributed by atoms with van der Waals surface area (Å²) < 4.78 is 10.0. The molecule has 0 atom stereocenters. The summed E-state index contributed by atoms with van der Waals surface area (Å²) in [6.07, 6.45) is 0.0478. The van der Waals surface area contributed by atoms with E-state index in [1.165, 1.54) is 6.07 Å². The van der Waals surface area contributed by atoms with Crippen LogP contribution in [-0.4, -0.2) is 25.6 Å². The second kappa shape index (κ2) is 8.57. The first-order valence-corrected chi connectivity index (χ1v) is 7.77. The van der Waals surface area contributed by atoms with Crippen molar-refractivity contribution in [2.75, 3.05) is 19.0 Å². The number of nitrogens with one attached hydrogen (secondary N) is 1. The molecule has 24 heavy (non-hydrogen) atoms.